The Labute approximate surface area is 75.3 Å². The molecule has 3 nitrogen and oxygen atoms in total. The first-order valence-corrected chi connectivity index (χ1v) is 3.81. The third kappa shape index (κ3) is 1.21. The molecule has 0 aromatic heterocycles. The summed E-state index contributed by atoms with van der Waals surface area (Å²) in [6, 6.07) is 0. The third-order valence-electron chi connectivity index (χ3n) is 1.77. The number of carbonyl (C=O) groups excluding carboxylic acids is 2. The average molecular weight is 172 g/mol. The van der Waals surface area contributed by atoms with Crippen LogP contribution in [0.15, 0.2) is 42.2 Å². The zero-order valence-corrected chi connectivity index (χ0v) is 6.73. The maximum Gasteiger partial charge on any atom is 0.260 e. The van der Waals surface area contributed by atoms with Crippen molar-refractivity contribution in [1.82, 2.24) is 4.90 Å². The van der Waals surface area contributed by atoms with Gasteiger partial charge in [-0.05, 0) is 0 Å². The summed E-state index contributed by atoms with van der Waals surface area (Å²) in [4.78, 5) is 23.5. The smallest absolute Gasteiger partial charge is 0.260 e. The van der Waals surface area contributed by atoms with E-state index < -0.39 is 0 Å². The predicted octanol–water partition coefficient (Wildman–Crippen LogP) is 0.724. The van der Waals surface area contributed by atoms with Crippen LogP contribution in [0.3, 0.4) is 0 Å². The molecule has 1 aliphatic carbocycles. The van der Waals surface area contributed by atoms with Crippen LogP contribution in [0.1, 0.15) is 0 Å². The van der Waals surface area contributed by atoms with Gasteiger partial charge in [0.15, 0.2) is 5.70 Å². The Morgan fingerprint density at radius 2 is 1.77 bits per heavy atom. The molecule has 1 aliphatic heterocycles. The van der Waals surface area contributed by atoms with Crippen LogP contribution in [0.2, 0.25) is 0 Å². The molecule has 13 heavy (non-hydrogen) atoms. The van der Waals surface area contributed by atoms with E-state index in [9.17, 15) is 9.59 Å². The Bertz CT molecular complexity index is 368. The highest BCUT2D eigenvalue weighted by atomic mass is 16.2. The fourth-order valence-corrected chi connectivity index (χ4v) is 1.18. The normalized spacial score (nSPS) is 19.4. The quantitative estimate of drug-likeness (QED) is 0.432. The molecular weight excluding hydrogens is 166 g/mol. The van der Waals surface area contributed by atoms with Crippen LogP contribution in [-0.2, 0) is 9.59 Å². The van der Waals surface area contributed by atoms with Crippen molar-refractivity contribution in [3.05, 3.63) is 48.2 Å². The Balaban J connectivity index is 2.32. The second-order valence-corrected chi connectivity index (χ2v) is 2.60. The summed E-state index contributed by atoms with van der Waals surface area (Å²) in [6.45, 7) is 0. The average Bonchev–Trinajstić information content (AvgIpc) is 2.48. The molecule has 0 N–H and O–H groups in total. The number of allylic oxidation sites excluding steroid dienone is 5. The fourth-order valence-electron chi connectivity index (χ4n) is 1.18. The number of amides is 2. The molecule has 0 unspecified atom stereocenters. The first-order chi connectivity index (χ1) is 6.29. The van der Waals surface area contributed by atoms with Gasteiger partial charge in [0.25, 0.3) is 11.8 Å². The van der Waals surface area contributed by atoms with E-state index in [2.05, 4.69) is 6.08 Å². The molecule has 3 heteroatoms. The van der Waals surface area contributed by atoms with Gasteiger partial charge < -0.3 is 0 Å². The molecular formula is C10H6NO2+. The lowest BCUT2D eigenvalue weighted by atomic mass is 10.2. The molecule has 2 aliphatic rings. The summed E-state index contributed by atoms with van der Waals surface area (Å²) in [5.41, 5.74) is 0.582. The zero-order chi connectivity index (χ0) is 9.26. The van der Waals surface area contributed by atoms with Crippen molar-refractivity contribution in [2.45, 2.75) is 0 Å². The Morgan fingerprint density at radius 3 is 2.31 bits per heavy atom. The Hall–Kier alpha value is -1.99. The van der Waals surface area contributed by atoms with Crippen LogP contribution in [0, 0.1) is 6.08 Å². The summed E-state index contributed by atoms with van der Waals surface area (Å²) in [7, 11) is 0. The van der Waals surface area contributed by atoms with Crippen molar-refractivity contribution in [3.8, 4) is 0 Å². The van der Waals surface area contributed by atoms with E-state index in [4.69, 9.17) is 0 Å². The summed E-state index contributed by atoms with van der Waals surface area (Å²) in [5.74, 6) is -0.590. The van der Waals surface area contributed by atoms with Gasteiger partial charge in [0.2, 0.25) is 0 Å². The van der Waals surface area contributed by atoms with Gasteiger partial charge in [0, 0.05) is 18.2 Å². The maximum absolute atomic E-state index is 11.2. The van der Waals surface area contributed by atoms with Crippen LogP contribution in [0.25, 0.3) is 0 Å². The van der Waals surface area contributed by atoms with Crippen molar-refractivity contribution < 1.29 is 9.59 Å². The Kier molecular flexibility index (Phi) is 1.65. The summed E-state index contributed by atoms with van der Waals surface area (Å²) in [5, 5.41) is 0. The summed E-state index contributed by atoms with van der Waals surface area (Å²) >= 11 is 0. The van der Waals surface area contributed by atoms with Gasteiger partial charge in [-0.25, -0.2) is 4.90 Å². The van der Waals surface area contributed by atoms with E-state index in [0.717, 1.165) is 4.90 Å². The van der Waals surface area contributed by atoms with Gasteiger partial charge in [-0.15, -0.1) is 0 Å². The molecule has 2 rings (SSSR count). The molecule has 62 valence electrons. The molecule has 0 spiro atoms. The van der Waals surface area contributed by atoms with Crippen molar-refractivity contribution in [3.63, 3.8) is 0 Å². The van der Waals surface area contributed by atoms with Crippen LogP contribution < -0.4 is 0 Å². The SMILES string of the molecule is O=C1C=CC(=O)N1C1=CC=[C+]C=C1. The first-order valence-electron chi connectivity index (χ1n) is 3.81. The van der Waals surface area contributed by atoms with Crippen LogP contribution in [0.5, 0.6) is 0 Å². The van der Waals surface area contributed by atoms with Gasteiger partial charge in [-0.2, -0.15) is 0 Å². The molecule has 0 bridgehead atoms. The molecule has 0 aromatic rings. The predicted molar refractivity (Wildman–Crippen MR) is 46.0 cm³/mol. The molecule has 2 amide bonds. The molecule has 0 radical (unpaired) electrons. The second kappa shape index (κ2) is 2.81. The number of carbonyl (C=O) groups is 2. The minimum absolute atomic E-state index is 0.295. The lowest BCUT2D eigenvalue weighted by molar-refractivity contribution is -0.134. The van der Waals surface area contributed by atoms with E-state index in [1.807, 2.05) is 0 Å². The monoisotopic (exact) mass is 172 g/mol. The van der Waals surface area contributed by atoms with Crippen molar-refractivity contribution in [1.29, 1.82) is 0 Å². The molecule has 0 fully saturated rings. The summed E-state index contributed by atoms with van der Waals surface area (Å²) in [6.07, 6.45) is 12.0. The van der Waals surface area contributed by atoms with Crippen LogP contribution in [-0.4, -0.2) is 16.7 Å². The molecule has 0 saturated carbocycles. The zero-order valence-electron chi connectivity index (χ0n) is 6.73. The van der Waals surface area contributed by atoms with E-state index >= 15 is 0 Å². The van der Waals surface area contributed by atoms with Crippen molar-refractivity contribution in [2.75, 3.05) is 0 Å². The van der Waals surface area contributed by atoms with Crippen LogP contribution >= 0.6 is 0 Å². The number of hydrogen-bond acceptors (Lipinski definition) is 2. The summed E-state index contributed by atoms with van der Waals surface area (Å²) < 4.78 is 0. The standard InChI is InChI=1S/C10H6NO2/c12-9-6-7-10(13)11(9)8-4-2-1-3-5-8/h2-7H/q+1. The largest absolute Gasteiger partial charge is 0.269 e. The van der Waals surface area contributed by atoms with E-state index in [1.165, 1.54) is 12.2 Å². The van der Waals surface area contributed by atoms with Gasteiger partial charge in [0.1, 0.15) is 12.2 Å². The van der Waals surface area contributed by atoms with Gasteiger partial charge in [0.05, 0.1) is 12.2 Å². The van der Waals surface area contributed by atoms with Crippen molar-refractivity contribution in [2.24, 2.45) is 0 Å². The highest BCUT2D eigenvalue weighted by Crippen LogP contribution is 2.15. The number of rotatable bonds is 1. The second-order valence-electron chi connectivity index (χ2n) is 2.60. The van der Waals surface area contributed by atoms with Gasteiger partial charge in [-0.3, -0.25) is 9.59 Å². The highest BCUT2D eigenvalue weighted by molar-refractivity contribution is 6.14. The molecule has 0 aromatic carbocycles. The first kappa shape index (κ1) is 7.65. The minimum Gasteiger partial charge on any atom is -0.269 e. The Morgan fingerprint density at radius 1 is 1.08 bits per heavy atom. The lowest BCUT2D eigenvalue weighted by Gasteiger charge is -2.10. The number of nitrogens with zero attached hydrogens (tertiary/aromatic N) is 1. The van der Waals surface area contributed by atoms with Crippen LogP contribution in [0.4, 0.5) is 0 Å². The van der Waals surface area contributed by atoms with Gasteiger partial charge >= 0.3 is 0 Å². The molecule has 1 heterocycles. The third-order valence-corrected chi connectivity index (χ3v) is 1.77. The highest BCUT2D eigenvalue weighted by Gasteiger charge is 2.28. The van der Waals surface area contributed by atoms with Crippen molar-refractivity contribution >= 4 is 11.8 Å². The maximum atomic E-state index is 11.2. The number of hydrogen-bond donors (Lipinski definition) is 0. The van der Waals surface area contributed by atoms with E-state index in [1.54, 1.807) is 24.3 Å². The van der Waals surface area contributed by atoms with Gasteiger partial charge in [-0.1, -0.05) is 0 Å². The number of imide groups is 1. The molecule has 0 saturated heterocycles. The fraction of sp³-hybridized carbons (Fsp3) is 0. The molecule has 0 atom stereocenters. The topological polar surface area (TPSA) is 37.4 Å². The lowest BCUT2D eigenvalue weighted by Crippen LogP contribution is -2.28. The minimum atomic E-state index is -0.295. The van der Waals surface area contributed by atoms with E-state index in [0.29, 0.717) is 5.70 Å². The van der Waals surface area contributed by atoms with E-state index in [-0.39, 0.29) is 11.8 Å².